The van der Waals surface area contributed by atoms with E-state index in [-0.39, 0.29) is 0 Å². The maximum Gasteiger partial charge on any atom is 0.508 e. The van der Waals surface area contributed by atoms with E-state index in [9.17, 15) is 4.57 Å². The Bertz CT molecular complexity index is 351. The number of benzene rings is 1. The first-order valence-corrected chi connectivity index (χ1v) is 9.30. The lowest BCUT2D eigenvalue weighted by Gasteiger charge is -1.98. The van der Waals surface area contributed by atoms with Crippen molar-refractivity contribution in [3.63, 3.8) is 0 Å². The van der Waals surface area contributed by atoms with E-state index >= 15 is 0 Å². The Balaban J connectivity index is 1.93. The van der Waals surface area contributed by atoms with E-state index in [0.29, 0.717) is 12.8 Å². The van der Waals surface area contributed by atoms with Crippen molar-refractivity contribution in [2.45, 2.75) is 64.9 Å². The average Bonchev–Trinajstić information content (AvgIpc) is 2.49. The highest BCUT2D eigenvalue weighted by Gasteiger charge is 2.16. The van der Waals surface area contributed by atoms with Gasteiger partial charge in [-0.3, -0.25) is 0 Å². The molecule has 1 aromatic rings. The van der Waals surface area contributed by atoms with Crippen molar-refractivity contribution in [1.82, 2.24) is 0 Å². The third-order valence-corrected chi connectivity index (χ3v) is 4.51. The Morgan fingerprint density at radius 1 is 0.900 bits per heavy atom. The van der Waals surface area contributed by atoms with Gasteiger partial charge in [0, 0.05) is 0 Å². The van der Waals surface area contributed by atoms with Crippen molar-refractivity contribution in [1.29, 1.82) is 0 Å². The SMILES string of the molecule is CCCCCCCCCC[P+](=O)OCc1ccccc1. The second-order valence-electron chi connectivity index (χ2n) is 5.29. The molecule has 0 aliphatic carbocycles. The van der Waals surface area contributed by atoms with Crippen LogP contribution in [0.2, 0.25) is 0 Å². The molecule has 1 atom stereocenters. The standard InChI is InChI=1S/C17H28O2P/c1-2-3-4-5-6-7-8-12-15-20(18)19-16-17-13-10-9-11-14-17/h9-11,13-14H,2-8,12,15-16H2,1H3/q+1. The molecule has 1 unspecified atom stereocenters. The third kappa shape index (κ3) is 9.23. The molecule has 0 aliphatic rings. The van der Waals surface area contributed by atoms with Crippen LogP contribution in [-0.2, 0) is 15.7 Å². The molecule has 112 valence electrons. The van der Waals surface area contributed by atoms with Crippen molar-refractivity contribution >= 4 is 8.03 Å². The smallest absolute Gasteiger partial charge is 0.141 e. The predicted molar refractivity (Wildman–Crippen MR) is 86.3 cm³/mol. The minimum atomic E-state index is -1.48. The van der Waals surface area contributed by atoms with Gasteiger partial charge in [0.1, 0.15) is 6.61 Å². The van der Waals surface area contributed by atoms with Gasteiger partial charge in [-0.15, -0.1) is 4.52 Å². The maximum absolute atomic E-state index is 11.7. The molecule has 0 spiro atoms. The van der Waals surface area contributed by atoms with Gasteiger partial charge in [0.2, 0.25) is 0 Å². The largest absolute Gasteiger partial charge is 0.508 e. The second kappa shape index (κ2) is 12.1. The molecule has 0 radical (unpaired) electrons. The lowest BCUT2D eigenvalue weighted by molar-refractivity contribution is 0.318. The molecule has 0 heterocycles. The summed E-state index contributed by atoms with van der Waals surface area (Å²) in [6.45, 7) is 2.71. The van der Waals surface area contributed by atoms with Gasteiger partial charge in [0.15, 0.2) is 6.16 Å². The molecule has 0 aromatic heterocycles. The van der Waals surface area contributed by atoms with E-state index in [0.717, 1.165) is 12.0 Å². The van der Waals surface area contributed by atoms with Gasteiger partial charge >= 0.3 is 8.03 Å². The minimum absolute atomic E-state index is 0.465. The van der Waals surface area contributed by atoms with Crippen LogP contribution in [0.15, 0.2) is 30.3 Å². The molecule has 3 heteroatoms. The average molecular weight is 295 g/mol. The molecule has 1 aromatic carbocycles. The molecule has 0 bridgehead atoms. The van der Waals surface area contributed by atoms with Crippen LogP contribution in [0, 0.1) is 0 Å². The van der Waals surface area contributed by atoms with E-state index < -0.39 is 8.03 Å². The fourth-order valence-corrected chi connectivity index (χ4v) is 3.06. The second-order valence-corrected chi connectivity index (χ2v) is 6.66. The van der Waals surface area contributed by atoms with Gasteiger partial charge < -0.3 is 0 Å². The number of rotatable bonds is 12. The quantitative estimate of drug-likeness (QED) is 0.344. The fourth-order valence-electron chi connectivity index (χ4n) is 2.16. The molecule has 0 amide bonds. The van der Waals surface area contributed by atoms with E-state index in [1.165, 1.54) is 44.9 Å². The first kappa shape index (κ1) is 17.3. The van der Waals surface area contributed by atoms with E-state index in [1.807, 2.05) is 30.3 Å². The topological polar surface area (TPSA) is 26.3 Å². The zero-order valence-corrected chi connectivity index (χ0v) is 13.6. The van der Waals surface area contributed by atoms with E-state index in [4.69, 9.17) is 4.52 Å². The van der Waals surface area contributed by atoms with Crippen molar-refractivity contribution < 1.29 is 9.09 Å². The first-order valence-electron chi connectivity index (χ1n) is 7.94. The van der Waals surface area contributed by atoms with Crippen molar-refractivity contribution in [2.24, 2.45) is 0 Å². The molecule has 0 aliphatic heterocycles. The Morgan fingerprint density at radius 3 is 2.15 bits per heavy atom. The zero-order chi connectivity index (χ0) is 14.5. The summed E-state index contributed by atoms with van der Waals surface area (Å²) in [6, 6.07) is 9.93. The molecular weight excluding hydrogens is 267 g/mol. The normalized spacial score (nSPS) is 11.6. The molecule has 2 nitrogen and oxygen atoms in total. The molecule has 1 rings (SSSR count). The summed E-state index contributed by atoms with van der Waals surface area (Å²) in [4.78, 5) is 0. The van der Waals surface area contributed by atoms with Crippen LogP contribution >= 0.6 is 8.03 Å². The Kier molecular flexibility index (Phi) is 10.4. The summed E-state index contributed by atoms with van der Waals surface area (Å²) < 4.78 is 17.1. The molecule has 20 heavy (non-hydrogen) atoms. The molecule has 0 saturated carbocycles. The van der Waals surface area contributed by atoms with E-state index in [1.54, 1.807) is 0 Å². The van der Waals surface area contributed by atoms with Gasteiger partial charge in [-0.2, -0.15) is 0 Å². The lowest BCUT2D eigenvalue weighted by atomic mass is 10.1. The molecular formula is C17H28O2P+. The van der Waals surface area contributed by atoms with Crippen LogP contribution in [0.3, 0.4) is 0 Å². The van der Waals surface area contributed by atoms with Crippen LogP contribution in [-0.4, -0.2) is 6.16 Å². The van der Waals surface area contributed by atoms with Gasteiger partial charge in [-0.05, 0) is 23.0 Å². The van der Waals surface area contributed by atoms with Crippen LogP contribution in [0.5, 0.6) is 0 Å². The highest BCUT2D eigenvalue weighted by Crippen LogP contribution is 2.26. The van der Waals surface area contributed by atoms with Crippen LogP contribution < -0.4 is 0 Å². The third-order valence-electron chi connectivity index (χ3n) is 3.41. The first-order chi connectivity index (χ1) is 9.83. The molecule has 0 saturated heterocycles. The minimum Gasteiger partial charge on any atom is -0.141 e. The molecule has 0 fully saturated rings. The van der Waals surface area contributed by atoms with Gasteiger partial charge in [-0.25, -0.2) is 0 Å². The number of hydrogen-bond donors (Lipinski definition) is 0. The Hall–Kier alpha value is -0.720. The summed E-state index contributed by atoms with van der Waals surface area (Å²) in [7, 11) is -1.48. The van der Waals surface area contributed by atoms with E-state index in [2.05, 4.69) is 6.92 Å². The zero-order valence-electron chi connectivity index (χ0n) is 12.7. The monoisotopic (exact) mass is 295 g/mol. The summed E-state index contributed by atoms with van der Waals surface area (Å²) in [5.74, 6) is 0. The number of unbranched alkanes of at least 4 members (excludes halogenated alkanes) is 7. The summed E-state index contributed by atoms with van der Waals surface area (Å²) in [5, 5.41) is 0. The maximum atomic E-state index is 11.7. The summed E-state index contributed by atoms with van der Waals surface area (Å²) in [5.41, 5.74) is 1.09. The Morgan fingerprint density at radius 2 is 1.50 bits per heavy atom. The van der Waals surface area contributed by atoms with Crippen LogP contribution in [0.25, 0.3) is 0 Å². The lowest BCUT2D eigenvalue weighted by Crippen LogP contribution is -1.88. The predicted octanol–water partition coefficient (Wildman–Crippen LogP) is 6.09. The van der Waals surface area contributed by atoms with Crippen molar-refractivity contribution in [2.75, 3.05) is 6.16 Å². The molecule has 0 N–H and O–H groups in total. The van der Waals surface area contributed by atoms with Gasteiger partial charge in [0.05, 0.1) is 0 Å². The highest BCUT2D eigenvalue weighted by molar-refractivity contribution is 7.39. The summed E-state index contributed by atoms with van der Waals surface area (Å²) >= 11 is 0. The highest BCUT2D eigenvalue weighted by atomic mass is 31.1. The van der Waals surface area contributed by atoms with Crippen molar-refractivity contribution in [3.05, 3.63) is 35.9 Å². The van der Waals surface area contributed by atoms with Gasteiger partial charge in [0.25, 0.3) is 0 Å². The van der Waals surface area contributed by atoms with Crippen LogP contribution in [0.1, 0.15) is 63.9 Å². The van der Waals surface area contributed by atoms with Gasteiger partial charge in [-0.1, -0.05) is 75.8 Å². The van der Waals surface area contributed by atoms with Crippen LogP contribution in [0.4, 0.5) is 0 Å². The Labute approximate surface area is 124 Å². The summed E-state index contributed by atoms with van der Waals surface area (Å²) in [6.07, 6.45) is 10.9. The fraction of sp³-hybridized carbons (Fsp3) is 0.647. The van der Waals surface area contributed by atoms with Crippen molar-refractivity contribution in [3.8, 4) is 0 Å². The number of hydrogen-bond acceptors (Lipinski definition) is 2.